The summed E-state index contributed by atoms with van der Waals surface area (Å²) < 4.78 is 8.14. The van der Waals surface area contributed by atoms with E-state index in [-0.39, 0.29) is 5.91 Å². The highest BCUT2D eigenvalue weighted by Gasteiger charge is 2.23. The molecule has 1 fully saturated rings. The van der Waals surface area contributed by atoms with Crippen molar-refractivity contribution >= 4 is 44.2 Å². The zero-order chi connectivity index (χ0) is 20.2. The van der Waals surface area contributed by atoms with E-state index < -0.39 is 0 Å². The fourth-order valence-electron chi connectivity index (χ4n) is 3.35. The largest absolute Gasteiger partial charge is 0.379 e. The van der Waals surface area contributed by atoms with Gasteiger partial charge in [-0.3, -0.25) is 19.3 Å². The summed E-state index contributed by atoms with van der Waals surface area (Å²) in [6, 6.07) is 7.37. The Morgan fingerprint density at radius 3 is 2.90 bits per heavy atom. The second-order valence-corrected chi connectivity index (χ2v) is 8.38. The number of halogens is 1. The molecular formula is C20H24ClN5O2S. The molecule has 4 rings (SSSR count). The van der Waals surface area contributed by atoms with Gasteiger partial charge in [-0.05, 0) is 37.6 Å². The van der Waals surface area contributed by atoms with Crippen LogP contribution in [0.5, 0.6) is 0 Å². The summed E-state index contributed by atoms with van der Waals surface area (Å²) in [6.07, 6.45) is 2.69. The number of hydrogen-bond acceptors (Lipinski definition) is 6. The van der Waals surface area contributed by atoms with Crippen molar-refractivity contribution in [2.45, 2.75) is 19.9 Å². The zero-order valence-electron chi connectivity index (χ0n) is 16.4. The van der Waals surface area contributed by atoms with Crippen molar-refractivity contribution in [3.63, 3.8) is 0 Å². The van der Waals surface area contributed by atoms with Crippen LogP contribution in [0.1, 0.15) is 23.8 Å². The van der Waals surface area contributed by atoms with E-state index in [4.69, 9.17) is 16.3 Å². The van der Waals surface area contributed by atoms with Crippen LogP contribution in [0.15, 0.2) is 30.5 Å². The fraction of sp³-hybridized carbons (Fsp3) is 0.450. The average molecular weight is 434 g/mol. The van der Waals surface area contributed by atoms with Crippen LogP contribution in [0.3, 0.4) is 0 Å². The van der Waals surface area contributed by atoms with E-state index in [0.717, 1.165) is 56.0 Å². The molecule has 3 heterocycles. The van der Waals surface area contributed by atoms with Gasteiger partial charge in [0.25, 0.3) is 5.91 Å². The first-order chi connectivity index (χ1) is 14.1. The number of amides is 1. The molecule has 9 heteroatoms. The number of rotatable bonds is 7. The van der Waals surface area contributed by atoms with Gasteiger partial charge in [0.05, 0.1) is 23.4 Å². The Balaban J connectivity index is 1.55. The molecule has 7 nitrogen and oxygen atoms in total. The standard InChI is InChI=1S/C20H24ClN5O2S/c1-2-25-9-6-17(23-25)19(27)26(8-3-7-24-10-12-28-13-11-24)20-22-16-5-4-15(21)14-18(16)29-20/h4-6,9,14H,2-3,7-8,10-13H2,1H3. The third-order valence-electron chi connectivity index (χ3n) is 4.96. The molecule has 0 bridgehead atoms. The van der Waals surface area contributed by atoms with Crippen LogP contribution in [0.25, 0.3) is 10.2 Å². The van der Waals surface area contributed by atoms with Crippen molar-refractivity contribution in [1.29, 1.82) is 0 Å². The Hall–Kier alpha value is -2.00. The van der Waals surface area contributed by atoms with Crippen LogP contribution >= 0.6 is 22.9 Å². The lowest BCUT2D eigenvalue weighted by molar-refractivity contribution is 0.0376. The number of benzene rings is 1. The van der Waals surface area contributed by atoms with Crippen molar-refractivity contribution in [1.82, 2.24) is 19.7 Å². The van der Waals surface area contributed by atoms with E-state index in [1.807, 2.05) is 31.3 Å². The Morgan fingerprint density at radius 2 is 2.14 bits per heavy atom. The molecule has 0 spiro atoms. The summed E-state index contributed by atoms with van der Waals surface area (Å²) in [7, 11) is 0. The lowest BCUT2D eigenvalue weighted by Gasteiger charge is -2.27. The van der Waals surface area contributed by atoms with Crippen LogP contribution < -0.4 is 4.90 Å². The average Bonchev–Trinajstić information content (AvgIpc) is 3.38. The van der Waals surface area contributed by atoms with Gasteiger partial charge in [-0.15, -0.1) is 0 Å². The fourth-order valence-corrected chi connectivity index (χ4v) is 4.62. The van der Waals surface area contributed by atoms with E-state index >= 15 is 0 Å². The Bertz CT molecular complexity index is 982. The highest BCUT2D eigenvalue weighted by molar-refractivity contribution is 7.22. The summed E-state index contributed by atoms with van der Waals surface area (Å²) in [5.41, 5.74) is 1.29. The Kier molecular flexibility index (Phi) is 6.44. The molecular weight excluding hydrogens is 410 g/mol. The van der Waals surface area contributed by atoms with E-state index in [1.54, 1.807) is 15.6 Å². The molecule has 154 valence electrons. The van der Waals surface area contributed by atoms with Crippen molar-refractivity contribution in [2.75, 3.05) is 44.3 Å². The molecule has 1 amide bonds. The minimum absolute atomic E-state index is 0.121. The van der Waals surface area contributed by atoms with Gasteiger partial charge >= 0.3 is 0 Å². The summed E-state index contributed by atoms with van der Waals surface area (Å²) in [5, 5.41) is 5.74. The number of aromatic nitrogens is 3. The van der Waals surface area contributed by atoms with E-state index in [2.05, 4.69) is 15.0 Å². The number of carbonyl (C=O) groups excluding carboxylic acids is 1. The molecule has 1 aliphatic heterocycles. The van der Waals surface area contributed by atoms with Gasteiger partial charge in [0.1, 0.15) is 0 Å². The highest BCUT2D eigenvalue weighted by atomic mass is 35.5. The molecule has 0 N–H and O–H groups in total. The Morgan fingerprint density at radius 1 is 1.31 bits per heavy atom. The molecule has 0 atom stereocenters. The van der Waals surface area contributed by atoms with Gasteiger partial charge in [0.2, 0.25) is 0 Å². The number of ether oxygens (including phenoxy) is 1. The first kappa shape index (κ1) is 20.3. The number of thiazole rings is 1. The third kappa shape index (κ3) is 4.78. The number of fused-ring (bicyclic) bond motifs is 1. The second kappa shape index (κ2) is 9.21. The number of aryl methyl sites for hydroxylation is 1. The van der Waals surface area contributed by atoms with Crippen molar-refractivity contribution in [2.24, 2.45) is 0 Å². The molecule has 3 aromatic rings. The van der Waals surface area contributed by atoms with Gasteiger partial charge in [-0.25, -0.2) is 4.98 Å². The molecule has 0 unspecified atom stereocenters. The topological polar surface area (TPSA) is 63.5 Å². The monoisotopic (exact) mass is 433 g/mol. The number of carbonyl (C=O) groups is 1. The van der Waals surface area contributed by atoms with Gasteiger partial charge in [-0.1, -0.05) is 22.9 Å². The maximum Gasteiger partial charge on any atom is 0.280 e. The summed E-state index contributed by atoms with van der Waals surface area (Å²) in [6.45, 7) is 7.66. The quantitative estimate of drug-likeness (QED) is 0.570. The van der Waals surface area contributed by atoms with Gasteiger partial charge in [-0.2, -0.15) is 5.10 Å². The number of anilines is 1. The van der Waals surface area contributed by atoms with Crippen LogP contribution in [-0.4, -0.2) is 65.0 Å². The first-order valence-electron chi connectivity index (χ1n) is 9.85. The molecule has 1 aliphatic rings. The molecule has 1 aromatic carbocycles. The lowest BCUT2D eigenvalue weighted by Crippen LogP contribution is -2.39. The zero-order valence-corrected chi connectivity index (χ0v) is 18.0. The van der Waals surface area contributed by atoms with E-state index in [1.165, 1.54) is 11.3 Å². The maximum absolute atomic E-state index is 13.3. The summed E-state index contributed by atoms with van der Waals surface area (Å²) in [4.78, 5) is 22.1. The number of hydrogen-bond donors (Lipinski definition) is 0. The Labute approximate surface area is 178 Å². The minimum atomic E-state index is -0.121. The predicted molar refractivity (Wildman–Crippen MR) is 116 cm³/mol. The summed E-state index contributed by atoms with van der Waals surface area (Å²) >= 11 is 7.61. The van der Waals surface area contributed by atoms with Crippen LogP contribution in [0.4, 0.5) is 5.13 Å². The van der Waals surface area contributed by atoms with Crippen molar-refractivity contribution < 1.29 is 9.53 Å². The van der Waals surface area contributed by atoms with Crippen molar-refractivity contribution in [3.05, 3.63) is 41.2 Å². The highest BCUT2D eigenvalue weighted by Crippen LogP contribution is 2.31. The predicted octanol–water partition coefficient (Wildman–Crippen LogP) is 3.54. The first-order valence-corrected chi connectivity index (χ1v) is 11.0. The summed E-state index contributed by atoms with van der Waals surface area (Å²) in [5.74, 6) is -0.121. The van der Waals surface area contributed by atoms with E-state index in [9.17, 15) is 4.79 Å². The lowest BCUT2D eigenvalue weighted by atomic mass is 10.3. The second-order valence-electron chi connectivity index (χ2n) is 6.93. The number of nitrogens with zero attached hydrogens (tertiary/aromatic N) is 5. The molecule has 0 radical (unpaired) electrons. The SMILES string of the molecule is CCn1ccc(C(=O)N(CCCN2CCOCC2)c2nc3ccc(Cl)cc3s2)n1. The van der Waals surface area contributed by atoms with Crippen molar-refractivity contribution in [3.8, 4) is 0 Å². The van der Waals surface area contributed by atoms with Crippen LogP contribution in [0, 0.1) is 0 Å². The molecule has 0 aliphatic carbocycles. The van der Waals surface area contributed by atoms with Gasteiger partial charge in [0, 0.05) is 43.9 Å². The smallest absolute Gasteiger partial charge is 0.280 e. The molecule has 2 aromatic heterocycles. The van der Waals surface area contributed by atoms with Gasteiger partial charge in [0.15, 0.2) is 10.8 Å². The van der Waals surface area contributed by atoms with Crippen LogP contribution in [-0.2, 0) is 11.3 Å². The number of morpholine rings is 1. The molecule has 0 saturated carbocycles. The normalized spacial score (nSPS) is 15.1. The minimum Gasteiger partial charge on any atom is -0.379 e. The van der Waals surface area contributed by atoms with Gasteiger partial charge < -0.3 is 4.74 Å². The van der Waals surface area contributed by atoms with E-state index in [0.29, 0.717) is 22.4 Å². The molecule has 1 saturated heterocycles. The maximum atomic E-state index is 13.3. The van der Waals surface area contributed by atoms with Crippen LogP contribution in [0.2, 0.25) is 5.02 Å². The third-order valence-corrected chi connectivity index (χ3v) is 6.24. The molecule has 29 heavy (non-hydrogen) atoms.